The summed E-state index contributed by atoms with van der Waals surface area (Å²) in [5.41, 5.74) is 5.40. The number of nitrogens with two attached hydrogens (primary N) is 1. The van der Waals surface area contributed by atoms with Gasteiger partial charge in [-0.2, -0.15) is 0 Å². The Bertz CT molecular complexity index is 310. The van der Waals surface area contributed by atoms with E-state index in [1.54, 1.807) is 0 Å². The number of aromatic nitrogens is 3. The lowest BCUT2D eigenvalue weighted by Gasteiger charge is -2.11. The monoisotopic (exact) mass is 192 g/mol. The molecule has 0 aromatic carbocycles. The third-order valence-corrected chi connectivity index (χ3v) is 2.72. The Morgan fingerprint density at radius 2 is 2.29 bits per heavy atom. The molecule has 0 radical (unpaired) electrons. The van der Waals surface area contributed by atoms with Gasteiger partial charge in [0.25, 0.3) is 0 Å². The van der Waals surface area contributed by atoms with E-state index >= 15 is 0 Å². The van der Waals surface area contributed by atoms with Crippen molar-refractivity contribution in [3.05, 3.63) is 18.2 Å². The molecule has 0 aliphatic heterocycles. The highest BCUT2D eigenvalue weighted by Gasteiger charge is 2.18. The Labute approximate surface area is 83.8 Å². The molecule has 0 atom stereocenters. The minimum absolute atomic E-state index is 0.553. The van der Waals surface area contributed by atoms with Crippen molar-refractivity contribution in [1.82, 2.24) is 14.8 Å². The lowest BCUT2D eigenvalue weighted by atomic mass is 10.2. The SMILES string of the molecule is NC/C=C/c1nncn1C1CCCC1. The average Bonchev–Trinajstić information content (AvgIpc) is 2.84. The summed E-state index contributed by atoms with van der Waals surface area (Å²) in [5.74, 6) is 0.933. The van der Waals surface area contributed by atoms with E-state index in [0.717, 1.165) is 5.82 Å². The van der Waals surface area contributed by atoms with Crippen molar-refractivity contribution in [2.75, 3.05) is 6.54 Å². The van der Waals surface area contributed by atoms with Gasteiger partial charge in [0.15, 0.2) is 5.82 Å². The summed E-state index contributed by atoms with van der Waals surface area (Å²) >= 11 is 0. The van der Waals surface area contributed by atoms with Crippen molar-refractivity contribution < 1.29 is 0 Å². The van der Waals surface area contributed by atoms with Gasteiger partial charge >= 0.3 is 0 Å². The zero-order valence-corrected chi connectivity index (χ0v) is 8.26. The molecule has 14 heavy (non-hydrogen) atoms. The molecule has 4 nitrogen and oxygen atoms in total. The van der Waals surface area contributed by atoms with Gasteiger partial charge in [0.2, 0.25) is 0 Å². The number of hydrogen-bond donors (Lipinski definition) is 1. The van der Waals surface area contributed by atoms with E-state index in [0.29, 0.717) is 12.6 Å². The fourth-order valence-corrected chi connectivity index (χ4v) is 2.01. The molecule has 0 amide bonds. The Morgan fingerprint density at radius 1 is 1.50 bits per heavy atom. The highest BCUT2D eigenvalue weighted by Crippen LogP contribution is 2.29. The number of nitrogens with zero attached hydrogens (tertiary/aromatic N) is 3. The second-order valence-corrected chi connectivity index (χ2v) is 3.67. The second kappa shape index (κ2) is 4.37. The summed E-state index contributed by atoms with van der Waals surface area (Å²) in [6.45, 7) is 0.553. The molecule has 76 valence electrons. The third-order valence-electron chi connectivity index (χ3n) is 2.72. The van der Waals surface area contributed by atoms with Crippen molar-refractivity contribution in [3.63, 3.8) is 0 Å². The van der Waals surface area contributed by atoms with Crippen LogP contribution in [0.5, 0.6) is 0 Å². The van der Waals surface area contributed by atoms with Crippen LogP contribution in [-0.4, -0.2) is 21.3 Å². The van der Waals surface area contributed by atoms with E-state index in [4.69, 9.17) is 5.73 Å². The van der Waals surface area contributed by atoms with Crippen molar-refractivity contribution in [2.24, 2.45) is 5.73 Å². The summed E-state index contributed by atoms with van der Waals surface area (Å²) in [4.78, 5) is 0. The van der Waals surface area contributed by atoms with Gasteiger partial charge in [-0.25, -0.2) is 0 Å². The van der Waals surface area contributed by atoms with Crippen LogP contribution in [0.15, 0.2) is 12.4 Å². The van der Waals surface area contributed by atoms with Crippen LogP contribution in [0.25, 0.3) is 6.08 Å². The van der Waals surface area contributed by atoms with E-state index in [1.807, 2.05) is 18.5 Å². The molecule has 1 aliphatic carbocycles. The smallest absolute Gasteiger partial charge is 0.156 e. The normalized spacial score (nSPS) is 18.4. The van der Waals surface area contributed by atoms with Crippen molar-refractivity contribution in [1.29, 1.82) is 0 Å². The average molecular weight is 192 g/mol. The molecule has 1 aromatic heterocycles. The molecule has 1 heterocycles. The van der Waals surface area contributed by atoms with Crippen LogP contribution in [0, 0.1) is 0 Å². The maximum atomic E-state index is 5.40. The highest BCUT2D eigenvalue weighted by atomic mass is 15.3. The van der Waals surface area contributed by atoms with Crippen molar-refractivity contribution in [2.45, 2.75) is 31.7 Å². The van der Waals surface area contributed by atoms with Gasteiger partial charge in [-0.05, 0) is 18.9 Å². The topological polar surface area (TPSA) is 56.7 Å². The molecule has 2 N–H and O–H groups in total. The molecule has 0 saturated heterocycles. The summed E-state index contributed by atoms with van der Waals surface area (Å²) in [7, 11) is 0. The quantitative estimate of drug-likeness (QED) is 0.786. The van der Waals surface area contributed by atoms with Crippen molar-refractivity contribution in [3.8, 4) is 0 Å². The summed E-state index contributed by atoms with van der Waals surface area (Å²) in [6.07, 6.45) is 10.8. The van der Waals surface area contributed by atoms with E-state index in [-0.39, 0.29) is 0 Å². The number of hydrogen-bond acceptors (Lipinski definition) is 3. The molecule has 1 saturated carbocycles. The fourth-order valence-electron chi connectivity index (χ4n) is 2.01. The predicted molar refractivity (Wildman–Crippen MR) is 55.6 cm³/mol. The van der Waals surface area contributed by atoms with E-state index in [2.05, 4.69) is 14.8 Å². The molecule has 0 bridgehead atoms. The lowest BCUT2D eigenvalue weighted by molar-refractivity contribution is 0.513. The predicted octanol–water partition coefficient (Wildman–Crippen LogP) is 1.37. The minimum atomic E-state index is 0.553. The van der Waals surface area contributed by atoms with E-state index < -0.39 is 0 Å². The zero-order valence-electron chi connectivity index (χ0n) is 8.26. The summed E-state index contributed by atoms with van der Waals surface area (Å²) in [5, 5.41) is 8.01. The Kier molecular flexibility index (Phi) is 2.93. The molecule has 2 rings (SSSR count). The minimum Gasteiger partial charge on any atom is -0.327 e. The summed E-state index contributed by atoms with van der Waals surface area (Å²) < 4.78 is 2.17. The van der Waals surface area contributed by atoms with Crippen molar-refractivity contribution >= 4 is 6.08 Å². The highest BCUT2D eigenvalue weighted by molar-refractivity contribution is 5.39. The fraction of sp³-hybridized carbons (Fsp3) is 0.600. The maximum Gasteiger partial charge on any atom is 0.156 e. The van der Waals surface area contributed by atoms with Crippen LogP contribution in [0.2, 0.25) is 0 Å². The molecule has 0 unspecified atom stereocenters. The lowest BCUT2D eigenvalue weighted by Crippen LogP contribution is -2.05. The van der Waals surface area contributed by atoms with Gasteiger partial charge in [-0.15, -0.1) is 10.2 Å². The van der Waals surface area contributed by atoms with Crippen LogP contribution >= 0.6 is 0 Å². The van der Waals surface area contributed by atoms with E-state index in [9.17, 15) is 0 Å². The molecular formula is C10H16N4. The molecule has 1 aromatic rings. The Morgan fingerprint density at radius 3 is 3.00 bits per heavy atom. The van der Waals surface area contributed by atoms with Gasteiger partial charge in [0.05, 0.1) is 0 Å². The molecule has 0 spiro atoms. The molecular weight excluding hydrogens is 176 g/mol. The Hall–Kier alpha value is -1.16. The Balaban J connectivity index is 2.15. The molecule has 4 heteroatoms. The van der Waals surface area contributed by atoms with Crippen LogP contribution in [0.4, 0.5) is 0 Å². The largest absolute Gasteiger partial charge is 0.327 e. The molecule has 1 aliphatic rings. The van der Waals surface area contributed by atoms with Crippen LogP contribution in [0.3, 0.4) is 0 Å². The zero-order chi connectivity index (χ0) is 9.80. The van der Waals surface area contributed by atoms with Gasteiger partial charge in [0, 0.05) is 12.6 Å². The summed E-state index contributed by atoms with van der Waals surface area (Å²) in [6, 6.07) is 0.599. The first-order valence-electron chi connectivity index (χ1n) is 5.18. The maximum absolute atomic E-state index is 5.40. The van der Waals surface area contributed by atoms with Crippen LogP contribution in [0.1, 0.15) is 37.5 Å². The van der Waals surface area contributed by atoms with Crippen LogP contribution < -0.4 is 5.73 Å². The first-order chi connectivity index (χ1) is 6.92. The van der Waals surface area contributed by atoms with E-state index in [1.165, 1.54) is 25.7 Å². The standard InChI is InChI=1S/C10H16N4/c11-7-3-6-10-13-12-8-14(10)9-4-1-2-5-9/h3,6,8-9H,1-2,4-5,7,11H2/b6-3+. The first kappa shape index (κ1) is 9.40. The van der Waals surface area contributed by atoms with Gasteiger partial charge in [0.1, 0.15) is 6.33 Å². The third kappa shape index (κ3) is 1.85. The van der Waals surface area contributed by atoms with Crippen LogP contribution in [-0.2, 0) is 0 Å². The van der Waals surface area contributed by atoms with Gasteiger partial charge in [-0.1, -0.05) is 18.9 Å². The first-order valence-corrected chi connectivity index (χ1v) is 5.18. The second-order valence-electron chi connectivity index (χ2n) is 3.67. The number of rotatable bonds is 3. The molecule has 1 fully saturated rings. The van der Waals surface area contributed by atoms with Gasteiger partial charge in [-0.3, -0.25) is 0 Å². The van der Waals surface area contributed by atoms with Gasteiger partial charge < -0.3 is 10.3 Å².